The normalized spacial score (nSPS) is 10.7. The first kappa shape index (κ1) is 18.1. The lowest BCUT2D eigenvalue weighted by Gasteiger charge is -2.11. The number of carbonyl (C=O) groups is 1. The van der Waals surface area contributed by atoms with E-state index in [0.29, 0.717) is 18.0 Å². The Bertz CT molecular complexity index is 884. The second-order valence-electron chi connectivity index (χ2n) is 5.61. The number of rotatable bonds is 7. The van der Waals surface area contributed by atoms with Crippen molar-refractivity contribution in [1.82, 2.24) is 15.1 Å². The van der Waals surface area contributed by atoms with E-state index in [0.717, 1.165) is 35.0 Å². The Morgan fingerprint density at radius 3 is 2.62 bits per heavy atom. The molecule has 3 rings (SSSR count). The number of thioether (sulfide) groups is 1. The highest BCUT2D eigenvalue weighted by atomic mass is 32.2. The maximum absolute atomic E-state index is 13.2. The number of carbonyl (C=O) groups excluding carboxylic acids is 1. The van der Waals surface area contributed by atoms with Crippen molar-refractivity contribution in [2.45, 2.75) is 18.0 Å². The number of amides is 1. The molecule has 0 unspecified atom stereocenters. The molecule has 1 aromatic heterocycles. The molecule has 3 aromatic rings. The molecule has 0 saturated carbocycles. The third-order valence-electron chi connectivity index (χ3n) is 3.75. The van der Waals surface area contributed by atoms with Crippen LogP contribution >= 0.6 is 11.8 Å². The summed E-state index contributed by atoms with van der Waals surface area (Å²) in [5.41, 5.74) is 2.08. The van der Waals surface area contributed by atoms with Crippen LogP contribution in [0.4, 0.5) is 8.78 Å². The van der Waals surface area contributed by atoms with Gasteiger partial charge >= 0.3 is 0 Å². The second kappa shape index (κ2) is 8.62. The van der Waals surface area contributed by atoms with Gasteiger partial charge in [0.05, 0.1) is 12.3 Å². The molecule has 0 aliphatic carbocycles. The van der Waals surface area contributed by atoms with E-state index >= 15 is 0 Å². The largest absolute Gasteiger partial charge is 0.351 e. The maximum atomic E-state index is 13.2. The first-order valence-electron chi connectivity index (χ1n) is 8.00. The quantitative estimate of drug-likeness (QED) is 0.644. The molecule has 0 saturated heterocycles. The summed E-state index contributed by atoms with van der Waals surface area (Å²) in [5.74, 6) is -1.85. The van der Waals surface area contributed by atoms with Gasteiger partial charge in [0, 0.05) is 23.8 Å². The standard InChI is InChI=1S/C19H17F2N3OS/c20-17-7-6-16(10-18(17)21)26-13-19(25)22-11-14-4-1-2-5-15(14)12-24-9-3-8-23-24/h1-10H,11-13H2,(H,22,25). The molecule has 1 heterocycles. The van der Waals surface area contributed by atoms with Crippen molar-refractivity contribution in [3.63, 3.8) is 0 Å². The maximum Gasteiger partial charge on any atom is 0.230 e. The lowest BCUT2D eigenvalue weighted by atomic mass is 10.1. The van der Waals surface area contributed by atoms with Gasteiger partial charge in [-0.2, -0.15) is 5.10 Å². The van der Waals surface area contributed by atoms with E-state index in [9.17, 15) is 13.6 Å². The summed E-state index contributed by atoms with van der Waals surface area (Å²) in [7, 11) is 0. The molecule has 0 bridgehead atoms. The summed E-state index contributed by atoms with van der Waals surface area (Å²) in [6, 6.07) is 13.3. The topological polar surface area (TPSA) is 46.9 Å². The average molecular weight is 373 g/mol. The van der Waals surface area contributed by atoms with Gasteiger partial charge in [0.25, 0.3) is 0 Å². The van der Waals surface area contributed by atoms with Gasteiger partial charge in [-0.3, -0.25) is 9.48 Å². The van der Waals surface area contributed by atoms with Crippen molar-refractivity contribution in [2.75, 3.05) is 5.75 Å². The average Bonchev–Trinajstić information content (AvgIpc) is 3.15. The molecule has 0 atom stereocenters. The fourth-order valence-electron chi connectivity index (χ4n) is 2.41. The van der Waals surface area contributed by atoms with E-state index in [-0.39, 0.29) is 11.7 Å². The van der Waals surface area contributed by atoms with Gasteiger partial charge in [-0.25, -0.2) is 8.78 Å². The minimum absolute atomic E-state index is 0.131. The third-order valence-corrected chi connectivity index (χ3v) is 4.74. The molecule has 1 amide bonds. The smallest absolute Gasteiger partial charge is 0.230 e. The number of halogens is 2. The van der Waals surface area contributed by atoms with E-state index in [1.165, 1.54) is 6.07 Å². The number of benzene rings is 2. The van der Waals surface area contributed by atoms with Gasteiger partial charge in [0.1, 0.15) is 0 Å². The molecule has 0 spiro atoms. The van der Waals surface area contributed by atoms with Crippen LogP contribution in [-0.4, -0.2) is 21.4 Å². The second-order valence-corrected chi connectivity index (χ2v) is 6.66. The molecular formula is C19H17F2N3OS. The van der Waals surface area contributed by atoms with Crippen LogP contribution in [0.5, 0.6) is 0 Å². The summed E-state index contributed by atoms with van der Waals surface area (Å²) in [4.78, 5) is 12.6. The number of hydrogen-bond acceptors (Lipinski definition) is 3. The summed E-state index contributed by atoms with van der Waals surface area (Å²) >= 11 is 1.16. The minimum Gasteiger partial charge on any atom is -0.351 e. The highest BCUT2D eigenvalue weighted by Gasteiger charge is 2.08. The van der Waals surface area contributed by atoms with Gasteiger partial charge in [-0.15, -0.1) is 11.8 Å². The number of nitrogens with one attached hydrogen (secondary N) is 1. The van der Waals surface area contributed by atoms with E-state index in [1.807, 2.05) is 41.2 Å². The Kier molecular flexibility index (Phi) is 6.01. The molecule has 7 heteroatoms. The lowest BCUT2D eigenvalue weighted by molar-refractivity contribution is -0.118. The molecular weight excluding hydrogens is 356 g/mol. The van der Waals surface area contributed by atoms with Crippen molar-refractivity contribution in [1.29, 1.82) is 0 Å². The summed E-state index contributed by atoms with van der Waals surface area (Å²) in [6.07, 6.45) is 3.60. The van der Waals surface area contributed by atoms with Crippen LogP contribution in [0.3, 0.4) is 0 Å². The SMILES string of the molecule is O=C(CSc1ccc(F)c(F)c1)NCc1ccccc1Cn1cccn1. The predicted molar refractivity (Wildman–Crippen MR) is 96.7 cm³/mol. The van der Waals surface area contributed by atoms with Crippen molar-refractivity contribution < 1.29 is 13.6 Å². The third kappa shape index (κ3) is 4.92. The van der Waals surface area contributed by atoms with E-state index < -0.39 is 11.6 Å². The molecule has 26 heavy (non-hydrogen) atoms. The molecule has 0 fully saturated rings. The van der Waals surface area contributed by atoms with Crippen LogP contribution in [0.25, 0.3) is 0 Å². The van der Waals surface area contributed by atoms with E-state index in [4.69, 9.17) is 0 Å². The first-order valence-corrected chi connectivity index (χ1v) is 8.99. The Labute approximate surface area is 154 Å². The van der Waals surface area contributed by atoms with Gasteiger partial charge in [0.15, 0.2) is 11.6 Å². The number of nitrogens with zero attached hydrogens (tertiary/aromatic N) is 2. The summed E-state index contributed by atoms with van der Waals surface area (Å²) < 4.78 is 27.9. The highest BCUT2D eigenvalue weighted by molar-refractivity contribution is 8.00. The zero-order chi connectivity index (χ0) is 18.4. The van der Waals surface area contributed by atoms with Crippen LogP contribution in [0.1, 0.15) is 11.1 Å². The number of hydrogen-bond donors (Lipinski definition) is 1. The van der Waals surface area contributed by atoms with E-state index in [2.05, 4.69) is 10.4 Å². The van der Waals surface area contributed by atoms with Crippen molar-refractivity contribution in [3.8, 4) is 0 Å². The fraction of sp³-hybridized carbons (Fsp3) is 0.158. The summed E-state index contributed by atoms with van der Waals surface area (Å²) in [6.45, 7) is 1.03. The Hall–Kier alpha value is -2.67. The molecule has 0 aliphatic heterocycles. The molecule has 134 valence electrons. The fourth-order valence-corrected chi connectivity index (χ4v) is 3.16. The highest BCUT2D eigenvalue weighted by Crippen LogP contribution is 2.20. The lowest BCUT2D eigenvalue weighted by Crippen LogP contribution is -2.25. The zero-order valence-corrected chi connectivity index (χ0v) is 14.7. The minimum atomic E-state index is -0.914. The van der Waals surface area contributed by atoms with Crippen LogP contribution in [0, 0.1) is 11.6 Å². The van der Waals surface area contributed by atoms with Crippen molar-refractivity contribution in [2.24, 2.45) is 0 Å². The van der Waals surface area contributed by atoms with Crippen LogP contribution in [-0.2, 0) is 17.9 Å². The van der Waals surface area contributed by atoms with Gasteiger partial charge in [-0.05, 0) is 35.4 Å². The van der Waals surface area contributed by atoms with Gasteiger partial charge in [-0.1, -0.05) is 24.3 Å². The molecule has 0 radical (unpaired) electrons. The molecule has 4 nitrogen and oxygen atoms in total. The van der Waals surface area contributed by atoms with Crippen molar-refractivity contribution >= 4 is 17.7 Å². The van der Waals surface area contributed by atoms with E-state index in [1.54, 1.807) is 6.20 Å². The molecule has 2 aromatic carbocycles. The van der Waals surface area contributed by atoms with Crippen molar-refractivity contribution in [3.05, 3.63) is 83.7 Å². The summed E-state index contributed by atoms with van der Waals surface area (Å²) in [5, 5.41) is 7.05. The van der Waals surface area contributed by atoms with Crippen LogP contribution in [0.15, 0.2) is 65.8 Å². The predicted octanol–water partition coefficient (Wildman–Crippen LogP) is 3.62. The molecule has 0 aliphatic rings. The molecule has 1 N–H and O–H groups in total. The van der Waals surface area contributed by atoms with Gasteiger partial charge in [0.2, 0.25) is 5.91 Å². The van der Waals surface area contributed by atoms with Gasteiger partial charge < -0.3 is 5.32 Å². The Balaban J connectivity index is 1.53. The van der Waals surface area contributed by atoms with Crippen LogP contribution in [0.2, 0.25) is 0 Å². The van der Waals surface area contributed by atoms with Crippen LogP contribution < -0.4 is 5.32 Å². The Morgan fingerprint density at radius 1 is 1.08 bits per heavy atom. The first-order chi connectivity index (χ1) is 12.6. The Morgan fingerprint density at radius 2 is 1.88 bits per heavy atom. The monoisotopic (exact) mass is 373 g/mol. The zero-order valence-electron chi connectivity index (χ0n) is 13.9. The number of aromatic nitrogens is 2.